The van der Waals surface area contributed by atoms with Crippen LogP contribution in [0.5, 0.6) is 0 Å². The first-order valence-electron chi connectivity index (χ1n) is 6.51. The van der Waals surface area contributed by atoms with Crippen LogP contribution in [-0.2, 0) is 9.59 Å². The zero-order valence-corrected chi connectivity index (χ0v) is 11.4. The van der Waals surface area contributed by atoms with Gasteiger partial charge in [0.2, 0.25) is 11.8 Å². The van der Waals surface area contributed by atoms with E-state index in [4.69, 9.17) is 5.73 Å². The molecule has 108 valence electrons. The highest BCUT2D eigenvalue weighted by Crippen LogP contribution is 2.09. The summed E-state index contributed by atoms with van der Waals surface area (Å²) in [7, 11) is 0. The van der Waals surface area contributed by atoms with Crippen molar-refractivity contribution in [3.8, 4) is 0 Å². The molecule has 19 heavy (non-hydrogen) atoms. The van der Waals surface area contributed by atoms with E-state index in [0.717, 1.165) is 0 Å². The van der Waals surface area contributed by atoms with Crippen molar-refractivity contribution in [3.63, 3.8) is 0 Å². The third-order valence-corrected chi connectivity index (χ3v) is 2.89. The van der Waals surface area contributed by atoms with E-state index in [2.05, 4.69) is 10.6 Å². The fourth-order valence-corrected chi connectivity index (χ4v) is 2.08. The van der Waals surface area contributed by atoms with E-state index in [1.807, 2.05) is 13.8 Å². The summed E-state index contributed by atoms with van der Waals surface area (Å²) in [5.74, 6) is -0.181. The summed E-state index contributed by atoms with van der Waals surface area (Å²) in [5.41, 5.74) is 5.09. The predicted molar refractivity (Wildman–Crippen MR) is 70.2 cm³/mol. The molecule has 0 spiro atoms. The molecule has 0 aromatic rings. The fourth-order valence-electron chi connectivity index (χ4n) is 2.08. The van der Waals surface area contributed by atoms with Crippen LogP contribution < -0.4 is 16.4 Å². The normalized spacial score (nSPS) is 17.6. The van der Waals surface area contributed by atoms with Gasteiger partial charge in [-0.25, -0.2) is 4.79 Å². The number of carbonyl (C=O) groups excluding carboxylic acids is 3. The Kier molecular flexibility index (Phi) is 5.59. The number of hydrogen-bond donors (Lipinski definition) is 3. The Morgan fingerprint density at radius 3 is 2.74 bits per heavy atom. The maximum Gasteiger partial charge on any atom is 0.312 e. The molecule has 4 N–H and O–H groups in total. The molecule has 7 nitrogen and oxygen atoms in total. The maximum absolute atomic E-state index is 12.3. The number of nitrogens with two attached hydrogens (primary N) is 1. The highest BCUT2D eigenvalue weighted by atomic mass is 16.2. The molecule has 0 saturated carbocycles. The van der Waals surface area contributed by atoms with Crippen molar-refractivity contribution in [2.24, 2.45) is 11.7 Å². The SMILES string of the molecule is CC(C)CC(NC(N)=O)C(=O)N1CCCNC(=O)C1. The van der Waals surface area contributed by atoms with Gasteiger partial charge in [-0.15, -0.1) is 0 Å². The summed E-state index contributed by atoms with van der Waals surface area (Å²) < 4.78 is 0. The molecule has 1 atom stereocenters. The second kappa shape index (κ2) is 6.96. The van der Waals surface area contributed by atoms with Gasteiger partial charge in [0.1, 0.15) is 6.04 Å². The van der Waals surface area contributed by atoms with Gasteiger partial charge in [0.25, 0.3) is 0 Å². The lowest BCUT2D eigenvalue weighted by atomic mass is 10.0. The molecule has 1 unspecified atom stereocenters. The van der Waals surface area contributed by atoms with E-state index < -0.39 is 12.1 Å². The second-order valence-corrected chi connectivity index (χ2v) is 5.15. The first kappa shape index (κ1) is 15.3. The number of primary amides is 1. The molecule has 0 aromatic heterocycles. The summed E-state index contributed by atoms with van der Waals surface area (Å²) in [6.45, 7) is 5.03. The van der Waals surface area contributed by atoms with Crippen LogP contribution in [0.3, 0.4) is 0 Å². The summed E-state index contributed by atoms with van der Waals surface area (Å²) in [5, 5.41) is 5.16. The standard InChI is InChI=1S/C12H22N4O3/c1-8(2)6-9(15-12(13)19)11(18)16-5-3-4-14-10(17)7-16/h8-9H,3-7H2,1-2H3,(H,14,17)(H3,13,15,19). The lowest BCUT2D eigenvalue weighted by molar-refractivity contribution is -0.137. The minimum Gasteiger partial charge on any atom is -0.354 e. The van der Waals surface area contributed by atoms with Gasteiger partial charge in [0, 0.05) is 13.1 Å². The van der Waals surface area contributed by atoms with Gasteiger partial charge < -0.3 is 21.3 Å². The largest absolute Gasteiger partial charge is 0.354 e. The number of amides is 4. The van der Waals surface area contributed by atoms with Crippen molar-refractivity contribution in [1.29, 1.82) is 0 Å². The van der Waals surface area contributed by atoms with E-state index in [-0.39, 0.29) is 24.3 Å². The Labute approximate surface area is 112 Å². The van der Waals surface area contributed by atoms with E-state index in [9.17, 15) is 14.4 Å². The van der Waals surface area contributed by atoms with Gasteiger partial charge in [0.05, 0.1) is 6.54 Å². The molecule has 1 heterocycles. The number of nitrogens with zero attached hydrogens (tertiary/aromatic N) is 1. The Hall–Kier alpha value is -1.79. The minimum atomic E-state index is -0.724. The molecule has 0 bridgehead atoms. The quantitative estimate of drug-likeness (QED) is 0.636. The molecule has 0 aromatic carbocycles. The summed E-state index contributed by atoms with van der Waals surface area (Å²) in [6.07, 6.45) is 1.21. The zero-order valence-electron chi connectivity index (χ0n) is 11.4. The molecule has 1 rings (SSSR count). The topological polar surface area (TPSA) is 105 Å². The Balaban J connectivity index is 2.72. The molecule has 1 aliphatic heterocycles. The van der Waals surface area contributed by atoms with Gasteiger partial charge >= 0.3 is 6.03 Å². The van der Waals surface area contributed by atoms with Crippen LogP contribution in [0, 0.1) is 5.92 Å². The van der Waals surface area contributed by atoms with Crippen molar-refractivity contribution in [2.75, 3.05) is 19.6 Å². The molecular weight excluding hydrogens is 248 g/mol. The second-order valence-electron chi connectivity index (χ2n) is 5.15. The number of nitrogens with one attached hydrogen (secondary N) is 2. The molecular formula is C12H22N4O3. The number of rotatable bonds is 4. The molecule has 1 aliphatic rings. The smallest absolute Gasteiger partial charge is 0.312 e. The van der Waals surface area contributed by atoms with E-state index >= 15 is 0 Å². The van der Waals surface area contributed by atoms with Crippen LogP contribution >= 0.6 is 0 Å². The van der Waals surface area contributed by atoms with Crippen LogP contribution in [0.1, 0.15) is 26.7 Å². The van der Waals surface area contributed by atoms with E-state index in [1.165, 1.54) is 4.90 Å². The van der Waals surface area contributed by atoms with Gasteiger partial charge in [-0.2, -0.15) is 0 Å². The van der Waals surface area contributed by atoms with E-state index in [0.29, 0.717) is 25.9 Å². The summed E-state index contributed by atoms with van der Waals surface area (Å²) in [4.78, 5) is 36.2. The Morgan fingerprint density at radius 2 is 2.16 bits per heavy atom. The maximum atomic E-state index is 12.3. The van der Waals surface area contributed by atoms with Gasteiger partial charge in [-0.3, -0.25) is 9.59 Å². The number of carbonyl (C=O) groups is 3. The average Bonchev–Trinajstić information content (AvgIpc) is 2.50. The third-order valence-electron chi connectivity index (χ3n) is 2.89. The fraction of sp³-hybridized carbons (Fsp3) is 0.750. The first-order chi connectivity index (χ1) is 8.90. The van der Waals surface area contributed by atoms with Crippen molar-refractivity contribution in [2.45, 2.75) is 32.7 Å². The van der Waals surface area contributed by atoms with Crippen LogP contribution in [0.15, 0.2) is 0 Å². The lowest BCUT2D eigenvalue weighted by Crippen LogP contribution is -2.51. The number of urea groups is 1. The first-order valence-corrected chi connectivity index (χ1v) is 6.51. The van der Waals surface area contributed by atoms with Crippen LogP contribution in [0.2, 0.25) is 0 Å². The van der Waals surface area contributed by atoms with Crippen molar-refractivity contribution >= 4 is 17.8 Å². The molecule has 7 heteroatoms. The third kappa shape index (κ3) is 5.15. The Morgan fingerprint density at radius 1 is 1.47 bits per heavy atom. The molecule has 0 radical (unpaired) electrons. The summed E-state index contributed by atoms with van der Waals surface area (Å²) in [6, 6.07) is -1.39. The average molecular weight is 270 g/mol. The van der Waals surface area contributed by atoms with Crippen LogP contribution in [-0.4, -0.2) is 48.4 Å². The van der Waals surface area contributed by atoms with Gasteiger partial charge in [0.15, 0.2) is 0 Å². The van der Waals surface area contributed by atoms with Gasteiger partial charge in [-0.1, -0.05) is 13.8 Å². The van der Waals surface area contributed by atoms with Crippen LogP contribution in [0.4, 0.5) is 4.79 Å². The predicted octanol–water partition coefficient (Wildman–Crippen LogP) is -0.582. The number of hydrogen-bond acceptors (Lipinski definition) is 3. The monoisotopic (exact) mass is 270 g/mol. The molecule has 0 aliphatic carbocycles. The summed E-state index contributed by atoms with van der Waals surface area (Å²) >= 11 is 0. The van der Waals surface area contributed by atoms with Crippen molar-refractivity contribution in [3.05, 3.63) is 0 Å². The molecule has 4 amide bonds. The van der Waals surface area contributed by atoms with Crippen LogP contribution in [0.25, 0.3) is 0 Å². The highest BCUT2D eigenvalue weighted by Gasteiger charge is 2.28. The lowest BCUT2D eigenvalue weighted by Gasteiger charge is -2.26. The van der Waals surface area contributed by atoms with Crippen molar-refractivity contribution in [1.82, 2.24) is 15.5 Å². The molecule has 1 saturated heterocycles. The van der Waals surface area contributed by atoms with E-state index in [1.54, 1.807) is 0 Å². The van der Waals surface area contributed by atoms with Crippen molar-refractivity contribution < 1.29 is 14.4 Å². The van der Waals surface area contributed by atoms with Gasteiger partial charge in [-0.05, 0) is 18.8 Å². The highest BCUT2D eigenvalue weighted by molar-refractivity contribution is 5.90. The molecule has 1 fully saturated rings. The minimum absolute atomic E-state index is 0.0356. The Bertz CT molecular complexity index is 357. The zero-order chi connectivity index (χ0) is 14.4.